The van der Waals surface area contributed by atoms with Crippen LogP contribution in [0.1, 0.15) is 56.8 Å². The number of methoxy groups -OCH3 is 1. The van der Waals surface area contributed by atoms with E-state index >= 15 is 0 Å². The van der Waals surface area contributed by atoms with Crippen LogP contribution in [0.25, 0.3) is 0 Å². The van der Waals surface area contributed by atoms with Gasteiger partial charge in [-0.2, -0.15) is 0 Å². The summed E-state index contributed by atoms with van der Waals surface area (Å²) in [6.45, 7) is 6.73. The summed E-state index contributed by atoms with van der Waals surface area (Å²) in [6, 6.07) is 4.52. The van der Waals surface area contributed by atoms with Gasteiger partial charge < -0.3 is 14.6 Å². The topological polar surface area (TPSA) is 55.8 Å². The van der Waals surface area contributed by atoms with Crippen molar-refractivity contribution in [1.29, 1.82) is 0 Å². The first-order chi connectivity index (χ1) is 9.69. The number of phenols is 1. The Bertz CT molecular complexity index is 388. The molecule has 1 aromatic rings. The number of esters is 1. The molecule has 0 bridgehead atoms. The molecule has 0 fully saturated rings. The lowest BCUT2D eigenvalue weighted by Crippen LogP contribution is -2.02. The van der Waals surface area contributed by atoms with Crippen LogP contribution < -0.4 is 4.74 Å². The Hall–Kier alpha value is -1.71. The van der Waals surface area contributed by atoms with Crippen molar-refractivity contribution in [3.8, 4) is 11.5 Å². The van der Waals surface area contributed by atoms with E-state index in [0.29, 0.717) is 17.9 Å². The van der Waals surface area contributed by atoms with E-state index in [1.165, 1.54) is 26.0 Å². The summed E-state index contributed by atoms with van der Waals surface area (Å²) in [4.78, 5) is 11.2. The lowest BCUT2D eigenvalue weighted by molar-refractivity contribution is 0.0600. The molecule has 0 spiro atoms. The highest BCUT2D eigenvalue weighted by Crippen LogP contribution is 2.27. The summed E-state index contributed by atoms with van der Waals surface area (Å²) in [6.07, 6.45) is 4.46. The molecule has 4 nitrogen and oxygen atoms in total. The first kappa shape index (κ1) is 18.3. The maximum absolute atomic E-state index is 11.2. The smallest absolute Gasteiger partial charge is 0.337 e. The third-order valence-corrected chi connectivity index (χ3v) is 2.64. The van der Waals surface area contributed by atoms with Crippen LogP contribution in [0, 0.1) is 0 Å². The van der Waals surface area contributed by atoms with E-state index in [-0.39, 0.29) is 5.75 Å². The molecular formula is C16H26O4. The van der Waals surface area contributed by atoms with Gasteiger partial charge in [0.1, 0.15) is 0 Å². The fourth-order valence-electron chi connectivity index (χ4n) is 1.60. The minimum absolute atomic E-state index is 0.0339. The minimum atomic E-state index is -0.472. The molecule has 0 unspecified atom stereocenters. The van der Waals surface area contributed by atoms with E-state index in [9.17, 15) is 9.90 Å². The Morgan fingerprint density at radius 2 is 1.90 bits per heavy atom. The molecule has 4 heteroatoms. The van der Waals surface area contributed by atoms with E-state index < -0.39 is 5.97 Å². The zero-order valence-corrected chi connectivity index (χ0v) is 12.9. The highest BCUT2D eigenvalue weighted by Gasteiger charge is 2.09. The molecule has 0 aromatic heterocycles. The molecule has 0 aliphatic carbocycles. The largest absolute Gasteiger partial charge is 0.504 e. The maximum Gasteiger partial charge on any atom is 0.337 e. The average Bonchev–Trinajstić information content (AvgIpc) is 2.49. The third-order valence-electron chi connectivity index (χ3n) is 2.64. The van der Waals surface area contributed by atoms with Crippen molar-refractivity contribution in [3.63, 3.8) is 0 Å². The number of hydrogen-bond acceptors (Lipinski definition) is 4. The van der Waals surface area contributed by atoms with E-state index in [0.717, 1.165) is 12.8 Å². The van der Waals surface area contributed by atoms with Gasteiger partial charge in [-0.25, -0.2) is 4.79 Å². The molecule has 0 amide bonds. The molecule has 0 aliphatic rings. The van der Waals surface area contributed by atoms with Gasteiger partial charge in [0.25, 0.3) is 0 Å². The second-order valence-corrected chi connectivity index (χ2v) is 4.08. The Kier molecular flexibility index (Phi) is 10.2. The fourth-order valence-corrected chi connectivity index (χ4v) is 1.60. The van der Waals surface area contributed by atoms with Gasteiger partial charge in [0.15, 0.2) is 11.5 Å². The van der Waals surface area contributed by atoms with Crippen LogP contribution in [0.4, 0.5) is 0 Å². The molecule has 20 heavy (non-hydrogen) atoms. The number of aromatic hydroxyl groups is 1. The van der Waals surface area contributed by atoms with Gasteiger partial charge in [-0.15, -0.1) is 0 Å². The zero-order chi connectivity index (χ0) is 15.4. The highest BCUT2D eigenvalue weighted by molar-refractivity contribution is 5.90. The second kappa shape index (κ2) is 11.1. The predicted octanol–water partition coefficient (Wildman–Crippen LogP) is 4.16. The molecule has 0 aliphatic heterocycles. The number of ether oxygens (including phenoxy) is 2. The van der Waals surface area contributed by atoms with Crippen molar-refractivity contribution in [2.24, 2.45) is 0 Å². The lowest BCUT2D eigenvalue weighted by Gasteiger charge is -2.08. The fraction of sp³-hybridized carbons (Fsp3) is 0.562. The van der Waals surface area contributed by atoms with Gasteiger partial charge in [-0.3, -0.25) is 0 Å². The lowest BCUT2D eigenvalue weighted by atomic mass is 10.2. The van der Waals surface area contributed by atoms with Gasteiger partial charge in [0, 0.05) is 0 Å². The van der Waals surface area contributed by atoms with E-state index in [2.05, 4.69) is 11.7 Å². The Labute approximate surface area is 121 Å². The highest BCUT2D eigenvalue weighted by atomic mass is 16.5. The van der Waals surface area contributed by atoms with E-state index in [4.69, 9.17) is 4.74 Å². The molecule has 1 aromatic carbocycles. The number of rotatable bonds is 7. The summed E-state index contributed by atoms with van der Waals surface area (Å²) < 4.78 is 10.0. The summed E-state index contributed by atoms with van der Waals surface area (Å²) in [5, 5.41) is 9.71. The molecular weight excluding hydrogens is 256 g/mol. The summed E-state index contributed by atoms with van der Waals surface area (Å²) in [5.74, 6) is -0.104. The molecule has 0 atom stereocenters. The standard InChI is InChI=1S/C14H20O4.C2H6/c1-3-4-5-6-9-18-13-8-7-11(10-12(13)15)14(16)17-2;1-2/h7-8,10,15H,3-6,9H2,1-2H3;1-2H3. The summed E-state index contributed by atoms with van der Waals surface area (Å²) in [7, 11) is 1.30. The van der Waals surface area contributed by atoms with Crippen molar-refractivity contribution in [2.45, 2.75) is 46.5 Å². The van der Waals surface area contributed by atoms with Crippen molar-refractivity contribution in [1.82, 2.24) is 0 Å². The Morgan fingerprint density at radius 1 is 1.20 bits per heavy atom. The van der Waals surface area contributed by atoms with Gasteiger partial charge in [0.2, 0.25) is 0 Å². The van der Waals surface area contributed by atoms with E-state index in [1.807, 2.05) is 13.8 Å². The van der Waals surface area contributed by atoms with Crippen LogP contribution in [-0.4, -0.2) is 24.8 Å². The molecule has 1 rings (SSSR count). The van der Waals surface area contributed by atoms with Gasteiger partial charge in [-0.1, -0.05) is 40.0 Å². The van der Waals surface area contributed by atoms with Crippen LogP contribution in [0.2, 0.25) is 0 Å². The molecule has 0 saturated heterocycles. The van der Waals surface area contributed by atoms with Crippen molar-refractivity contribution >= 4 is 5.97 Å². The van der Waals surface area contributed by atoms with Crippen LogP contribution in [0.15, 0.2) is 18.2 Å². The second-order valence-electron chi connectivity index (χ2n) is 4.08. The predicted molar refractivity (Wildman–Crippen MR) is 80.4 cm³/mol. The van der Waals surface area contributed by atoms with Crippen molar-refractivity contribution in [3.05, 3.63) is 23.8 Å². The maximum atomic E-state index is 11.2. The molecule has 0 radical (unpaired) electrons. The number of hydrogen-bond donors (Lipinski definition) is 1. The SMILES string of the molecule is CC.CCCCCCOc1ccc(C(=O)OC)cc1O. The van der Waals surface area contributed by atoms with Crippen molar-refractivity contribution in [2.75, 3.05) is 13.7 Å². The van der Waals surface area contributed by atoms with Gasteiger partial charge >= 0.3 is 5.97 Å². The monoisotopic (exact) mass is 282 g/mol. The van der Waals surface area contributed by atoms with Crippen molar-refractivity contribution < 1.29 is 19.4 Å². The summed E-state index contributed by atoms with van der Waals surface area (Å²) in [5.41, 5.74) is 0.313. The molecule has 114 valence electrons. The molecule has 0 heterocycles. The van der Waals surface area contributed by atoms with Crippen LogP contribution in [-0.2, 0) is 4.74 Å². The zero-order valence-electron chi connectivity index (χ0n) is 12.9. The summed E-state index contributed by atoms with van der Waals surface area (Å²) >= 11 is 0. The average molecular weight is 282 g/mol. The first-order valence-corrected chi connectivity index (χ1v) is 7.23. The number of carbonyl (C=O) groups excluding carboxylic acids is 1. The number of carbonyl (C=O) groups is 1. The molecule has 0 saturated carbocycles. The first-order valence-electron chi connectivity index (χ1n) is 7.23. The van der Waals surface area contributed by atoms with Gasteiger partial charge in [-0.05, 0) is 24.6 Å². The Balaban J connectivity index is 0.00000172. The van der Waals surface area contributed by atoms with Crippen LogP contribution >= 0.6 is 0 Å². The van der Waals surface area contributed by atoms with E-state index in [1.54, 1.807) is 12.1 Å². The third kappa shape index (κ3) is 6.45. The molecule has 1 N–H and O–H groups in total. The van der Waals surface area contributed by atoms with Gasteiger partial charge in [0.05, 0.1) is 19.3 Å². The Morgan fingerprint density at radius 3 is 2.45 bits per heavy atom. The number of benzene rings is 1. The number of phenolic OH excluding ortho intramolecular Hbond substituents is 1. The normalized spacial score (nSPS) is 9.40. The van der Waals surface area contributed by atoms with Crippen LogP contribution in [0.5, 0.6) is 11.5 Å². The number of unbranched alkanes of at least 4 members (excludes halogenated alkanes) is 3. The van der Waals surface area contributed by atoms with Crippen LogP contribution in [0.3, 0.4) is 0 Å². The minimum Gasteiger partial charge on any atom is -0.504 e. The quantitative estimate of drug-likeness (QED) is 0.602.